The van der Waals surface area contributed by atoms with Crippen LogP contribution in [-0.2, 0) is 0 Å². The van der Waals surface area contributed by atoms with Gasteiger partial charge in [0.2, 0.25) is 0 Å². The molecule has 0 saturated heterocycles. The van der Waals surface area contributed by atoms with Crippen LogP contribution in [0.4, 0.5) is 0 Å². The summed E-state index contributed by atoms with van der Waals surface area (Å²) in [7, 11) is 9.72. The van der Waals surface area contributed by atoms with Gasteiger partial charge >= 0.3 is 29.6 Å². The molecule has 0 heterocycles. The van der Waals surface area contributed by atoms with E-state index in [9.17, 15) is 0 Å². The maximum Gasteiger partial charge on any atom is 1.00 e. The summed E-state index contributed by atoms with van der Waals surface area (Å²) < 4.78 is 0. The average Bonchev–Trinajstić information content (AvgIpc) is 0.811. The Hall–Kier alpha value is 1.87. The van der Waals surface area contributed by atoms with Crippen molar-refractivity contribution in [2.45, 2.75) is 0 Å². The first-order valence-corrected chi connectivity index (χ1v) is 6.75. The fourth-order valence-corrected chi connectivity index (χ4v) is 0. The molecule has 5 heteroatoms. The van der Waals surface area contributed by atoms with E-state index in [4.69, 9.17) is 0 Å². The standard InChI is InChI=1S/Na.Si4/c;1-4(2)3/q+1;-1. The molecule has 0 aliphatic carbocycles. The van der Waals surface area contributed by atoms with Crippen molar-refractivity contribution in [3.05, 3.63) is 0 Å². The van der Waals surface area contributed by atoms with E-state index in [1.165, 1.54) is 0 Å². The summed E-state index contributed by atoms with van der Waals surface area (Å²) in [5, 5.41) is 0. The van der Waals surface area contributed by atoms with Gasteiger partial charge in [0.1, 0.15) is 0 Å². The van der Waals surface area contributed by atoms with Crippen LogP contribution in [0.5, 0.6) is 0 Å². The van der Waals surface area contributed by atoms with E-state index in [1.54, 1.807) is 0 Å². The molecule has 0 aliphatic heterocycles. The predicted octanol–water partition coefficient (Wildman–Crippen LogP) is -4.52. The summed E-state index contributed by atoms with van der Waals surface area (Å²) in [5.41, 5.74) is 0. The zero-order valence-corrected chi connectivity index (χ0v) is 9.00. The van der Waals surface area contributed by atoms with Gasteiger partial charge in [0, 0.05) is 0 Å². The summed E-state index contributed by atoms with van der Waals surface area (Å²) in [6.07, 6.45) is 0. The summed E-state index contributed by atoms with van der Waals surface area (Å²) in [4.78, 5) is 0. The molecule has 0 amide bonds. The molecule has 0 nitrogen and oxygen atoms in total. The SMILES string of the molecule is [Na+].[Si][Si]([Si])=[Si-]. The van der Waals surface area contributed by atoms with E-state index in [2.05, 4.69) is 28.9 Å². The summed E-state index contributed by atoms with van der Waals surface area (Å²) >= 11 is 0. The molecule has 0 rings (SSSR count). The first-order valence-electron chi connectivity index (χ1n) is 0.750. The van der Waals surface area contributed by atoms with Crippen LogP contribution in [0, 0.1) is 0 Å². The number of hydrogen-bond donors (Lipinski definition) is 0. The van der Waals surface area contributed by atoms with Gasteiger partial charge in [-0.1, -0.05) is 0 Å². The van der Waals surface area contributed by atoms with Crippen LogP contribution < -0.4 is 29.6 Å². The van der Waals surface area contributed by atoms with Crippen LogP contribution >= 0.6 is 0 Å². The van der Waals surface area contributed by atoms with Gasteiger partial charge in [-0.15, -0.1) is 0 Å². The largest absolute Gasteiger partial charge is 1.00 e. The molecular weight excluding hydrogens is 135 g/mol. The molecule has 0 aromatic heterocycles. The molecule has 0 saturated carbocycles. The third-order valence-corrected chi connectivity index (χ3v) is 0. The van der Waals surface area contributed by atoms with Crippen molar-refractivity contribution in [1.29, 1.82) is 0 Å². The Kier molecular flexibility index (Phi) is 11.7. The molecule has 0 unspecified atom stereocenters. The van der Waals surface area contributed by atoms with Gasteiger partial charge in [-0.05, 0) is 19.5 Å². The fourth-order valence-electron chi connectivity index (χ4n) is 0. The van der Waals surface area contributed by atoms with Crippen LogP contribution in [0.15, 0.2) is 0 Å². The van der Waals surface area contributed by atoms with E-state index in [1.807, 2.05) is 0 Å². The maximum absolute atomic E-state index is 3.24. The van der Waals surface area contributed by atoms with E-state index in [0.717, 1.165) is 0 Å². The maximum atomic E-state index is 3.24. The Labute approximate surface area is 64.8 Å². The third-order valence-electron chi connectivity index (χ3n) is 0. The van der Waals surface area contributed by atoms with Crippen molar-refractivity contribution in [2.75, 3.05) is 0 Å². The normalized spacial score (nSPS) is 5.20. The molecule has 0 atom stereocenters. The van der Waals surface area contributed by atoms with Crippen LogP contribution in [0.2, 0.25) is 0 Å². The molecule has 7 radical (unpaired) electrons. The van der Waals surface area contributed by atoms with Crippen molar-refractivity contribution in [3.63, 3.8) is 0 Å². The Morgan fingerprint density at radius 2 is 1.40 bits per heavy atom. The van der Waals surface area contributed by atoms with Crippen LogP contribution in [-0.4, -0.2) is 35.8 Å². The minimum atomic E-state index is -0.463. The van der Waals surface area contributed by atoms with E-state index >= 15 is 0 Å². The van der Waals surface area contributed by atoms with E-state index in [0.29, 0.717) is 0 Å². The Bertz CT molecular complexity index is 26.6. The topological polar surface area (TPSA) is 0 Å². The van der Waals surface area contributed by atoms with Crippen molar-refractivity contribution in [3.8, 4) is 0 Å². The van der Waals surface area contributed by atoms with Gasteiger partial charge in [0.25, 0.3) is 0 Å². The Morgan fingerprint density at radius 1 is 1.40 bits per heavy atom. The minimum absolute atomic E-state index is 0. The molecule has 0 aromatic rings. The molecule has 5 heavy (non-hydrogen) atoms. The van der Waals surface area contributed by atoms with Gasteiger partial charge < -0.3 is 9.34 Å². The van der Waals surface area contributed by atoms with Gasteiger partial charge in [-0.25, -0.2) is 0 Å². The molecule has 0 bridgehead atoms. The molecule has 0 N–H and O–H groups in total. The van der Waals surface area contributed by atoms with E-state index < -0.39 is 6.93 Å². The predicted molar refractivity (Wildman–Crippen MR) is 23.0 cm³/mol. The quantitative estimate of drug-likeness (QED) is 0.294. The van der Waals surface area contributed by atoms with Crippen molar-refractivity contribution in [1.82, 2.24) is 0 Å². The minimum Gasteiger partial charge on any atom is -0.688 e. The van der Waals surface area contributed by atoms with Gasteiger partial charge in [-0.2, -0.15) is 0 Å². The van der Waals surface area contributed by atoms with Crippen LogP contribution in [0.25, 0.3) is 0 Å². The summed E-state index contributed by atoms with van der Waals surface area (Å²) in [6, 6.07) is 0. The Morgan fingerprint density at radius 3 is 1.40 bits per heavy atom. The molecule has 0 fully saturated rings. The summed E-state index contributed by atoms with van der Waals surface area (Å²) in [5.74, 6) is 0. The second-order valence-electron chi connectivity index (χ2n) is 0.375. The number of rotatable bonds is 0. The second kappa shape index (κ2) is 5.87. The molecule has 0 aromatic carbocycles. The monoisotopic (exact) mass is 135 g/mol. The van der Waals surface area contributed by atoms with Gasteiger partial charge in [-0.3, -0.25) is 6.93 Å². The van der Waals surface area contributed by atoms with Gasteiger partial charge in [0.15, 0.2) is 0 Å². The zero-order valence-electron chi connectivity index (χ0n) is 3.00. The van der Waals surface area contributed by atoms with Crippen molar-refractivity contribution >= 4 is 35.8 Å². The van der Waals surface area contributed by atoms with Crippen molar-refractivity contribution in [2.24, 2.45) is 0 Å². The van der Waals surface area contributed by atoms with Crippen molar-refractivity contribution < 1.29 is 29.6 Å². The fraction of sp³-hybridized carbons (Fsp3) is 0. The molecule has 17 valence electrons. The molecule has 0 aliphatic rings. The smallest absolute Gasteiger partial charge is 0.688 e. The van der Waals surface area contributed by atoms with Crippen LogP contribution in [0.3, 0.4) is 0 Å². The summed E-state index contributed by atoms with van der Waals surface area (Å²) in [6.45, 7) is -0.463. The third kappa shape index (κ3) is 25.2. The first-order chi connectivity index (χ1) is 1.73. The van der Waals surface area contributed by atoms with Crippen LogP contribution in [0.1, 0.15) is 0 Å². The molecule has 0 spiro atoms. The van der Waals surface area contributed by atoms with Gasteiger partial charge in [0.05, 0.1) is 0 Å². The zero-order chi connectivity index (χ0) is 3.58. The Balaban J connectivity index is 0. The van der Waals surface area contributed by atoms with E-state index in [-0.39, 0.29) is 29.6 Å². The first kappa shape index (κ1) is 9.98. The second-order valence-corrected chi connectivity index (χ2v) is 10.1. The average molecular weight is 135 g/mol. The number of hydrogen-bond acceptors (Lipinski definition) is 0. The molecular formula is NaSi4.